The molecule has 2 rings (SSSR count). The number of ketones is 1. The number of carbonyl (C=O) groups is 1. The fourth-order valence-corrected chi connectivity index (χ4v) is 3.12. The Kier molecular flexibility index (Phi) is 5.77. The van der Waals surface area contributed by atoms with E-state index >= 15 is 0 Å². The van der Waals surface area contributed by atoms with Gasteiger partial charge in [-0.15, -0.1) is 0 Å². The second-order valence-corrected chi connectivity index (χ2v) is 5.97. The van der Waals surface area contributed by atoms with Crippen molar-refractivity contribution in [3.05, 3.63) is 11.3 Å². The number of nitrogens with zero attached hydrogens (tertiary/aromatic N) is 1. The van der Waals surface area contributed by atoms with E-state index in [1.165, 1.54) is 25.7 Å². The van der Waals surface area contributed by atoms with Crippen LogP contribution in [0.3, 0.4) is 0 Å². The van der Waals surface area contributed by atoms with E-state index < -0.39 is 0 Å². The molecule has 4 heteroatoms. The summed E-state index contributed by atoms with van der Waals surface area (Å²) in [6.45, 7) is 4.71. The molecule has 0 bridgehead atoms. The number of carbonyl (C=O) groups excluding carboxylic acids is 1. The number of nitrogens with two attached hydrogens (primary N) is 1. The summed E-state index contributed by atoms with van der Waals surface area (Å²) in [4.78, 5) is 16.2. The molecule has 2 aliphatic rings. The second kappa shape index (κ2) is 7.58. The van der Waals surface area contributed by atoms with Gasteiger partial charge in [-0.25, -0.2) is 0 Å². The maximum atomic E-state index is 11.5. The van der Waals surface area contributed by atoms with Crippen LogP contribution in [0.1, 0.15) is 51.9 Å². The molecule has 0 spiro atoms. The van der Waals surface area contributed by atoms with E-state index in [1.54, 1.807) is 6.92 Å². The van der Waals surface area contributed by atoms with Gasteiger partial charge in [0, 0.05) is 19.2 Å². The van der Waals surface area contributed by atoms with E-state index in [0.29, 0.717) is 5.70 Å². The molecule has 3 N–H and O–H groups in total. The molecule has 20 heavy (non-hydrogen) atoms. The summed E-state index contributed by atoms with van der Waals surface area (Å²) < 4.78 is 0. The molecule has 2 fully saturated rings. The molecule has 0 atom stereocenters. The molecule has 1 aliphatic carbocycles. The van der Waals surface area contributed by atoms with Crippen molar-refractivity contribution in [2.75, 3.05) is 19.6 Å². The summed E-state index contributed by atoms with van der Waals surface area (Å²) in [6, 6.07) is 0. The zero-order chi connectivity index (χ0) is 14.4. The number of Topliss-reactive ketones (excluding diaryl/α,β-unsaturated/α-hetero) is 1. The summed E-state index contributed by atoms with van der Waals surface area (Å²) in [7, 11) is 0. The lowest BCUT2D eigenvalue weighted by Gasteiger charge is -2.22. The number of piperidine rings is 1. The van der Waals surface area contributed by atoms with E-state index in [4.69, 9.17) is 10.7 Å². The number of rotatable bonds is 4. The first kappa shape index (κ1) is 15.2. The van der Waals surface area contributed by atoms with Gasteiger partial charge in [-0.2, -0.15) is 0 Å². The topological polar surface area (TPSA) is 67.5 Å². The summed E-state index contributed by atoms with van der Waals surface area (Å²) in [6.07, 6.45) is 7.88. The van der Waals surface area contributed by atoms with Crippen molar-refractivity contribution in [1.29, 1.82) is 0 Å². The van der Waals surface area contributed by atoms with Crippen molar-refractivity contribution < 1.29 is 4.79 Å². The molecular formula is C16H27N3O. The molecule has 112 valence electrons. The summed E-state index contributed by atoms with van der Waals surface area (Å²) in [5.74, 6) is 0.787. The number of nitrogens with one attached hydrogen (secondary N) is 1. The van der Waals surface area contributed by atoms with Crippen molar-refractivity contribution in [2.24, 2.45) is 16.6 Å². The Balaban J connectivity index is 1.95. The number of hydrogen-bond acceptors (Lipinski definition) is 4. The van der Waals surface area contributed by atoms with Gasteiger partial charge in [-0.3, -0.25) is 9.79 Å². The first-order chi connectivity index (χ1) is 9.68. The minimum atomic E-state index is -0.0204. The molecule has 0 radical (unpaired) electrons. The third-order valence-corrected chi connectivity index (χ3v) is 4.44. The van der Waals surface area contributed by atoms with Gasteiger partial charge in [0.05, 0.1) is 5.70 Å². The lowest BCUT2D eigenvalue weighted by molar-refractivity contribution is -0.113. The molecule has 1 aliphatic heterocycles. The summed E-state index contributed by atoms with van der Waals surface area (Å²) in [5, 5.41) is 3.39. The minimum absolute atomic E-state index is 0.0204. The molecule has 1 saturated heterocycles. The predicted octanol–water partition coefficient (Wildman–Crippen LogP) is 2.19. The van der Waals surface area contributed by atoms with Crippen LogP contribution in [0.25, 0.3) is 0 Å². The standard InChI is InChI=1S/C16H27N3O/c1-12(20)16(17)14-4-2-3-5-15(14)19-11-8-13-6-9-18-10-7-13/h13,18H,2-11,17H2,1H3/b16-14-,19-15?. The lowest BCUT2D eigenvalue weighted by atomic mass is 9.90. The highest BCUT2D eigenvalue weighted by Gasteiger charge is 2.18. The van der Waals surface area contributed by atoms with Gasteiger partial charge in [0.15, 0.2) is 5.78 Å². The first-order valence-electron chi connectivity index (χ1n) is 7.92. The minimum Gasteiger partial charge on any atom is -0.396 e. The fraction of sp³-hybridized carbons (Fsp3) is 0.750. The van der Waals surface area contributed by atoms with Crippen molar-refractivity contribution >= 4 is 11.5 Å². The molecule has 4 nitrogen and oxygen atoms in total. The Hall–Kier alpha value is -1.16. The largest absolute Gasteiger partial charge is 0.396 e. The highest BCUT2D eigenvalue weighted by molar-refractivity contribution is 6.08. The van der Waals surface area contributed by atoms with E-state index in [-0.39, 0.29) is 5.78 Å². The first-order valence-corrected chi connectivity index (χ1v) is 7.92. The number of allylic oxidation sites excluding steroid dienone is 2. The second-order valence-electron chi connectivity index (χ2n) is 5.97. The van der Waals surface area contributed by atoms with Crippen LogP contribution in [-0.4, -0.2) is 31.1 Å². The number of hydrogen-bond donors (Lipinski definition) is 2. The van der Waals surface area contributed by atoms with E-state index in [1.807, 2.05) is 0 Å². The van der Waals surface area contributed by atoms with Crippen LogP contribution < -0.4 is 11.1 Å². The molecule has 0 aromatic rings. The fourth-order valence-electron chi connectivity index (χ4n) is 3.12. The summed E-state index contributed by atoms with van der Waals surface area (Å²) in [5.41, 5.74) is 8.49. The Bertz CT molecular complexity index is 406. The van der Waals surface area contributed by atoms with E-state index in [9.17, 15) is 4.79 Å². The van der Waals surface area contributed by atoms with Crippen LogP contribution in [0.15, 0.2) is 16.3 Å². The third-order valence-electron chi connectivity index (χ3n) is 4.44. The average Bonchev–Trinajstić information content (AvgIpc) is 2.48. The normalized spacial score (nSPS) is 25.8. The van der Waals surface area contributed by atoms with E-state index in [2.05, 4.69) is 5.32 Å². The zero-order valence-electron chi connectivity index (χ0n) is 12.6. The van der Waals surface area contributed by atoms with Gasteiger partial charge in [0.2, 0.25) is 0 Å². The van der Waals surface area contributed by atoms with Gasteiger partial charge in [-0.05, 0) is 69.5 Å². The van der Waals surface area contributed by atoms with Gasteiger partial charge < -0.3 is 11.1 Å². The van der Waals surface area contributed by atoms with Crippen molar-refractivity contribution in [3.63, 3.8) is 0 Å². The molecule has 0 amide bonds. The Morgan fingerprint density at radius 1 is 1.30 bits per heavy atom. The van der Waals surface area contributed by atoms with Gasteiger partial charge >= 0.3 is 0 Å². The zero-order valence-corrected chi connectivity index (χ0v) is 12.6. The van der Waals surface area contributed by atoms with Crippen LogP contribution in [0.5, 0.6) is 0 Å². The van der Waals surface area contributed by atoms with Crippen molar-refractivity contribution in [3.8, 4) is 0 Å². The Morgan fingerprint density at radius 2 is 2.00 bits per heavy atom. The molecule has 0 aromatic carbocycles. The highest BCUT2D eigenvalue weighted by atomic mass is 16.1. The maximum absolute atomic E-state index is 11.5. The van der Waals surface area contributed by atoms with Gasteiger partial charge in [-0.1, -0.05) is 0 Å². The molecule has 0 aromatic heterocycles. The quantitative estimate of drug-likeness (QED) is 0.774. The highest BCUT2D eigenvalue weighted by Crippen LogP contribution is 2.24. The van der Waals surface area contributed by atoms with Crippen LogP contribution >= 0.6 is 0 Å². The van der Waals surface area contributed by atoms with Crippen LogP contribution in [0.2, 0.25) is 0 Å². The monoisotopic (exact) mass is 277 g/mol. The SMILES string of the molecule is CC(=O)/C(N)=C1\CCCCC1=NCCC1CCNCC1. The number of aliphatic imine (C=N–C) groups is 1. The predicted molar refractivity (Wildman–Crippen MR) is 82.9 cm³/mol. The molecule has 0 unspecified atom stereocenters. The smallest absolute Gasteiger partial charge is 0.175 e. The van der Waals surface area contributed by atoms with E-state index in [0.717, 1.165) is 56.1 Å². The van der Waals surface area contributed by atoms with Gasteiger partial charge in [0.1, 0.15) is 0 Å². The Morgan fingerprint density at radius 3 is 2.70 bits per heavy atom. The van der Waals surface area contributed by atoms with Crippen molar-refractivity contribution in [1.82, 2.24) is 5.32 Å². The van der Waals surface area contributed by atoms with Crippen LogP contribution in [-0.2, 0) is 4.79 Å². The lowest BCUT2D eigenvalue weighted by Crippen LogP contribution is -2.28. The van der Waals surface area contributed by atoms with Crippen LogP contribution in [0.4, 0.5) is 0 Å². The molecule has 1 heterocycles. The average molecular weight is 277 g/mol. The van der Waals surface area contributed by atoms with Gasteiger partial charge in [0.25, 0.3) is 0 Å². The summed E-state index contributed by atoms with van der Waals surface area (Å²) >= 11 is 0. The molecular weight excluding hydrogens is 250 g/mol. The van der Waals surface area contributed by atoms with Crippen molar-refractivity contribution in [2.45, 2.75) is 51.9 Å². The van der Waals surface area contributed by atoms with Crippen LogP contribution in [0, 0.1) is 5.92 Å². The Labute approximate surface area is 121 Å². The molecule has 1 saturated carbocycles. The third kappa shape index (κ3) is 4.17. The maximum Gasteiger partial charge on any atom is 0.175 e.